The van der Waals surface area contributed by atoms with Crippen LogP contribution in [0.4, 0.5) is 16.2 Å². The number of halogens is 1. The van der Waals surface area contributed by atoms with E-state index in [9.17, 15) is 4.79 Å². The van der Waals surface area contributed by atoms with Crippen LogP contribution >= 0.6 is 11.6 Å². The van der Waals surface area contributed by atoms with Gasteiger partial charge < -0.3 is 10.6 Å². The summed E-state index contributed by atoms with van der Waals surface area (Å²) in [4.78, 5) is 16.4. The second kappa shape index (κ2) is 6.50. The SMILES string of the molecule is Cn1cnc(-c2ccccc2NC(=O)Nc2cccc(Cl)c2)n1. The summed E-state index contributed by atoms with van der Waals surface area (Å²) in [6.45, 7) is 0. The third kappa shape index (κ3) is 3.67. The first-order valence-corrected chi connectivity index (χ1v) is 7.28. The lowest BCUT2D eigenvalue weighted by molar-refractivity contribution is 0.262. The highest BCUT2D eigenvalue weighted by Crippen LogP contribution is 2.25. The lowest BCUT2D eigenvalue weighted by atomic mass is 10.1. The molecular formula is C16H14ClN5O. The van der Waals surface area contributed by atoms with Gasteiger partial charge >= 0.3 is 6.03 Å². The van der Waals surface area contributed by atoms with E-state index in [1.165, 1.54) is 0 Å². The van der Waals surface area contributed by atoms with E-state index in [2.05, 4.69) is 20.7 Å². The van der Waals surface area contributed by atoms with E-state index in [1.807, 2.05) is 18.2 Å². The normalized spacial score (nSPS) is 10.3. The van der Waals surface area contributed by atoms with Crippen LogP contribution in [-0.2, 0) is 7.05 Å². The molecule has 2 N–H and O–H groups in total. The molecule has 0 atom stereocenters. The number of urea groups is 1. The molecule has 2 aromatic carbocycles. The van der Waals surface area contributed by atoms with E-state index < -0.39 is 0 Å². The number of carbonyl (C=O) groups is 1. The Morgan fingerprint density at radius 3 is 2.70 bits per heavy atom. The fraction of sp³-hybridized carbons (Fsp3) is 0.0625. The molecule has 0 aliphatic heterocycles. The summed E-state index contributed by atoms with van der Waals surface area (Å²) in [7, 11) is 1.79. The van der Waals surface area contributed by atoms with Crippen molar-refractivity contribution in [2.75, 3.05) is 10.6 Å². The Labute approximate surface area is 138 Å². The first-order valence-electron chi connectivity index (χ1n) is 6.90. The predicted molar refractivity (Wildman–Crippen MR) is 90.5 cm³/mol. The van der Waals surface area contributed by atoms with Gasteiger partial charge in [-0.3, -0.25) is 4.68 Å². The number of amides is 2. The van der Waals surface area contributed by atoms with Crippen LogP contribution in [0.2, 0.25) is 5.02 Å². The quantitative estimate of drug-likeness (QED) is 0.769. The number of anilines is 2. The zero-order valence-electron chi connectivity index (χ0n) is 12.3. The second-order valence-electron chi connectivity index (χ2n) is 4.88. The van der Waals surface area contributed by atoms with Crippen LogP contribution in [0.1, 0.15) is 0 Å². The lowest BCUT2D eigenvalue weighted by Gasteiger charge is -2.10. The molecule has 0 spiro atoms. The van der Waals surface area contributed by atoms with Crippen molar-refractivity contribution in [3.63, 3.8) is 0 Å². The van der Waals surface area contributed by atoms with Gasteiger partial charge in [0.25, 0.3) is 0 Å². The van der Waals surface area contributed by atoms with Gasteiger partial charge in [0, 0.05) is 23.3 Å². The highest BCUT2D eigenvalue weighted by atomic mass is 35.5. The molecule has 0 aliphatic rings. The number of benzene rings is 2. The van der Waals surface area contributed by atoms with Gasteiger partial charge in [-0.2, -0.15) is 5.10 Å². The maximum absolute atomic E-state index is 12.2. The van der Waals surface area contributed by atoms with Crippen LogP contribution in [0.3, 0.4) is 0 Å². The topological polar surface area (TPSA) is 71.8 Å². The molecule has 0 radical (unpaired) electrons. The Morgan fingerprint density at radius 2 is 1.96 bits per heavy atom. The molecule has 1 heterocycles. The minimum absolute atomic E-state index is 0.365. The van der Waals surface area contributed by atoms with E-state index in [4.69, 9.17) is 11.6 Å². The fourth-order valence-electron chi connectivity index (χ4n) is 2.10. The van der Waals surface area contributed by atoms with Gasteiger partial charge in [-0.25, -0.2) is 9.78 Å². The molecule has 0 aliphatic carbocycles. The number of hydrogen-bond acceptors (Lipinski definition) is 3. The summed E-state index contributed by atoms with van der Waals surface area (Å²) in [5.74, 6) is 0.547. The summed E-state index contributed by atoms with van der Waals surface area (Å²) < 4.78 is 1.61. The average Bonchev–Trinajstić information content (AvgIpc) is 2.94. The molecule has 7 heteroatoms. The molecule has 116 valence electrons. The molecule has 3 rings (SSSR count). The Bertz CT molecular complexity index is 846. The minimum Gasteiger partial charge on any atom is -0.308 e. The highest BCUT2D eigenvalue weighted by molar-refractivity contribution is 6.30. The standard InChI is InChI=1S/C16H14ClN5O/c1-22-10-18-15(21-22)13-7-2-3-8-14(13)20-16(23)19-12-6-4-5-11(17)9-12/h2-10H,1H3,(H2,19,20,23). The Kier molecular flexibility index (Phi) is 4.25. The number of nitrogens with one attached hydrogen (secondary N) is 2. The maximum atomic E-state index is 12.2. The van der Waals surface area contributed by atoms with Gasteiger partial charge in [0.2, 0.25) is 0 Å². The Morgan fingerprint density at radius 1 is 1.13 bits per heavy atom. The van der Waals surface area contributed by atoms with Crippen molar-refractivity contribution in [1.82, 2.24) is 14.8 Å². The first-order chi connectivity index (χ1) is 11.1. The molecule has 2 amide bonds. The van der Waals surface area contributed by atoms with E-state index in [0.717, 1.165) is 5.56 Å². The Hall–Kier alpha value is -2.86. The summed E-state index contributed by atoms with van der Waals surface area (Å²) in [6.07, 6.45) is 1.61. The number of carbonyl (C=O) groups excluding carboxylic acids is 1. The third-order valence-corrected chi connectivity index (χ3v) is 3.33. The van der Waals surface area contributed by atoms with Crippen LogP contribution in [0.15, 0.2) is 54.9 Å². The average molecular weight is 328 g/mol. The largest absolute Gasteiger partial charge is 0.323 e. The molecule has 0 bridgehead atoms. The van der Waals surface area contributed by atoms with Gasteiger partial charge in [-0.15, -0.1) is 0 Å². The van der Waals surface area contributed by atoms with Crippen LogP contribution < -0.4 is 10.6 Å². The van der Waals surface area contributed by atoms with Gasteiger partial charge in [0.05, 0.1) is 5.69 Å². The van der Waals surface area contributed by atoms with Gasteiger partial charge in [-0.1, -0.05) is 29.8 Å². The van der Waals surface area contributed by atoms with Crippen molar-refractivity contribution in [2.24, 2.45) is 7.05 Å². The van der Waals surface area contributed by atoms with Crippen molar-refractivity contribution in [3.8, 4) is 11.4 Å². The van der Waals surface area contributed by atoms with Crippen molar-refractivity contribution in [1.29, 1.82) is 0 Å². The van der Waals surface area contributed by atoms with Crippen LogP contribution in [0, 0.1) is 0 Å². The molecule has 6 nitrogen and oxygen atoms in total. The molecule has 1 aromatic heterocycles. The van der Waals surface area contributed by atoms with E-state index >= 15 is 0 Å². The van der Waals surface area contributed by atoms with E-state index in [-0.39, 0.29) is 6.03 Å². The first kappa shape index (κ1) is 15.1. The molecule has 23 heavy (non-hydrogen) atoms. The third-order valence-electron chi connectivity index (χ3n) is 3.10. The van der Waals surface area contributed by atoms with Crippen molar-refractivity contribution in [3.05, 3.63) is 59.9 Å². The Balaban J connectivity index is 1.79. The van der Waals surface area contributed by atoms with Crippen LogP contribution in [-0.4, -0.2) is 20.8 Å². The predicted octanol–water partition coefficient (Wildman–Crippen LogP) is 3.78. The van der Waals surface area contributed by atoms with Crippen LogP contribution in [0.5, 0.6) is 0 Å². The summed E-state index contributed by atoms with van der Waals surface area (Å²) in [5.41, 5.74) is 1.98. The second-order valence-corrected chi connectivity index (χ2v) is 5.31. The summed E-state index contributed by atoms with van der Waals surface area (Å²) in [6, 6.07) is 13.9. The highest BCUT2D eigenvalue weighted by Gasteiger charge is 2.11. The van der Waals surface area contributed by atoms with Gasteiger partial charge in [0.15, 0.2) is 5.82 Å². The zero-order valence-corrected chi connectivity index (χ0v) is 13.1. The number of aromatic nitrogens is 3. The number of nitrogens with zero attached hydrogens (tertiary/aromatic N) is 3. The van der Waals surface area contributed by atoms with E-state index in [0.29, 0.717) is 22.2 Å². The number of aryl methyl sites for hydroxylation is 1. The lowest BCUT2D eigenvalue weighted by Crippen LogP contribution is -2.19. The van der Waals surface area contributed by atoms with Gasteiger partial charge in [0.1, 0.15) is 6.33 Å². The van der Waals surface area contributed by atoms with Crippen LogP contribution in [0.25, 0.3) is 11.4 Å². The number of hydrogen-bond donors (Lipinski definition) is 2. The van der Waals surface area contributed by atoms with Crippen molar-refractivity contribution >= 4 is 29.0 Å². The van der Waals surface area contributed by atoms with Crippen molar-refractivity contribution in [2.45, 2.75) is 0 Å². The smallest absolute Gasteiger partial charge is 0.308 e. The molecule has 3 aromatic rings. The number of rotatable bonds is 3. The molecular weight excluding hydrogens is 314 g/mol. The molecule has 0 fully saturated rings. The zero-order chi connectivity index (χ0) is 16.2. The minimum atomic E-state index is -0.365. The molecule has 0 saturated heterocycles. The monoisotopic (exact) mass is 327 g/mol. The maximum Gasteiger partial charge on any atom is 0.323 e. The molecule has 0 unspecified atom stereocenters. The summed E-state index contributed by atoms with van der Waals surface area (Å²) in [5, 5.41) is 10.4. The van der Waals surface area contributed by atoms with Gasteiger partial charge in [-0.05, 0) is 30.3 Å². The molecule has 0 saturated carbocycles. The summed E-state index contributed by atoms with van der Waals surface area (Å²) >= 11 is 5.91. The van der Waals surface area contributed by atoms with E-state index in [1.54, 1.807) is 48.4 Å². The fourth-order valence-corrected chi connectivity index (χ4v) is 2.29. The number of para-hydroxylation sites is 1. The van der Waals surface area contributed by atoms with Crippen molar-refractivity contribution < 1.29 is 4.79 Å².